The Morgan fingerprint density at radius 3 is 1.90 bits per heavy atom. The van der Waals surface area contributed by atoms with Crippen LogP contribution in [0.2, 0.25) is 0 Å². The minimum Gasteiger partial charge on any atom is -0.342 e. The molecule has 2 saturated heterocycles. The summed E-state index contributed by atoms with van der Waals surface area (Å²) >= 11 is 0. The summed E-state index contributed by atoms with van der Waals surface area (Å²) in [6, 6.07) is 0.448. The summed E-state index contributed by atoms with van der Waals surface area (Å²) in [5.74, 6) is 0.148. The van der Waals surface area contributed by atoms with Crippen molar-refractivity contribution in [3.63, 3.8) is 0 Å². The first-order valence-corrected chi connectivity index (χ1v) is 7.67. The predicted octanol–water partition coefficient (Wildman–Crippen LogP) is 2.62. The van der Waals surface area contributed by atoms with Gasteiger partial charge in [0.25, 0.3) is 5.91 Å². The third kappa shape index (κ3) is 2.17. The molecule has 2 rings (SSSR count). The van der Waals surface area contributed by atoms with Crippen LogP contribution in [0.25, 0.3) is 0 Å². The highest BCUT2D eigenvalue weighted by molar-refractivity contribution is 5.87. The van der Waals surface area contributed by atoms with Crippen LogP contribution in [0.4, 0.5) is 0 Å². The zero-order valence-corrected chi connectivity index (χ0v) is 14.3. The predicted molar refractivity (Wildman–Crippen MR) is 80.4 cm³/mol. The Kier molecular flexibility index (Phi) is 3.50. The first kappa shape index (κ1) is 15.8. The van der Waals surface area contributed by atoms with Gasteiger partial charge in [-0.25, -0.2) is 0 Å². The van der Waals surface area contributed by atoms with Gasteiger partial charge in [-0.3, -0.25) is 9.69 Å². The summed E-state index contributed by atoms with van der Waals surface area (Å²) in [5, 5.41) is 0. The van der Waals surface area contributed by atoms with Crippen molar-refractivity contribution in [1.82, 2.24) is 9.80 Å². The monoisotopic (exact) mass is 282 g/mol. The average Bonchev–Trinajstić information content (AvgIpc) is 2.38. The van der Waals surface area contributed by atoms with Crippen LogP contribution >= 0.6 is 0 Å². The van der Waals surface area contributed by atoms with E-state index in [0.29, 0.717) is 6.04 Å². The summed E-state index contributed by atoms with van der Waals surface area (Å²) in [5.41, 5.74) is -0.764. The molecule has 0 aromatic rings. The van der Waals surface area contributed by atoms with Gasteiger partial charge in [0.2, 0.25) is 0 Å². The second-order valence-electron chi connectivity index (χ2n) is 8.07. The Labute approximate surface area is 123 Å². The zero-order valence-electron chi connectivity index (χ0n) is 14.3. The maximum atomic E-state index is 12.7. The first-order valence-electron chi connectivity index (χ1n) is 7.67. The fourth-order valence-corrected chi connectivity index (χ4v) is 5.02. The van der Waals surface area contributed by atoms with Crippen molar-refractivity contribution in [1.29, 1.82) is 0 Å². The summed E-state index contributed by atoms with van der Waals surface area (Å²) in [6.45, 7) is 15.3. The van der Waals surface area contributed by atoms with Gasteiger partial charge in [-0.05, 0) is 48.5 Å². The molecule has 0 bridgehead atoms. The Hall–Kier alpha value is -0.610. The van der Waals surface area contributed by atoms with Crippen LogP contribution in [-0.4, -0.2) is 51.7 Å². The number of amides is 1. The quantitative estimate of drug-likeness (QED) is 0.741. The maximum Gasteiger partial charge on any atom is 0.256 e. The molecule has 0 aliphatic carbocycles. The van der Waals surface area contributed by atoms with Gasteiger partial charge in [0.15, 0.2) is 5.60 Å². The molecule has 2 heterocycles. The molecule has 1 spiro atoms. The van der Waals surface area contributed by atoms with Crippen molar-refractivity contribution < 1.29 is 9.53 Å². The van der Waals surface area contributed by atoms with E-state index in [1.807, 2.05) is 14.0 Å². The molecule has 1 amide bonds. The number of carbonyl (C=O) groups excluding carboxylic acids is 1. The molecule has 20 heavy (non-hydrogen) atoms. The van der Waals surface area contributed by atoms with Gasteiger partial charge in [0.05, 0.1) is 0 Å². The van der Waals surface area contributed by atoms with Gasteiger partial charge in [-0.15, -0.1) is 0 Å². The Balaban J connectivity index is 2.42. The van der Waals surface area contributed by atoms with Crippen molar-refractivity contribution in [2.75, 3.05) is 7.05 Å². The average molecular weight is 282 g/mol. The van der Waals surface area contributed by atoms with Crippen LogP contribution in [0, 0.1) is 0 Å². The van der Waals surface area contributed by atoms with Crippen LogP contribution in [0.3, 0.4) is 0 Å². The molecule has 0 radical (unpaired) electrons. The lowest BCUT2D eigenvalue weighted by atomic mass is 9.70. The SMILES string of the molecule is CC1OC2(CC(C)(C)N(C(C)C)C(C)(C)C2)C(=O)N1C. The normalized spacial score (nSPS) is 32.4. The van der Waals surface area contributed by atoms with Gasteiger partial charge in [-0.2, -0.15) is 0 Å². The smallest absolute Gasteiger partial charge is 0.256 e. The lowest BCUT2D eigenvalue weighted by molar-refractivity contribution is -0.173. The van der Waals surface area contributed by atoms with E-state index >= 15 is 0 Å². The summed E-state index contributed by atoms with van der Waals surface area (Å²) in [6.07, 6.45) is 1.39. The molecule has 0 N–H and O–H groups in total. The Bertz CT molecular complexity index is 397. The van der Waals surface area contributed by atoms with Gasteiger partial charge in [-0.1, -0.05) is 0 Å². The lowest BCUT2D eigenvalue weighted by Crippen LogP contribution is -2.68. The molecule has 116 valence electrons. The number of hydrogen-bond donors (Lipinski definition) is 0. The van der Waals surface area contributed by atoms with Crippen LogP contribution in [0.5, 0.6) is 0 Å². The molecule has 0 aromatic heterocycles. The van der Waals surface area contributed by atoms with E-state index in [2.05, 4.69) is 46.4 Å². The van der Waals surface area contributed by atoms with E-state index in [1.165, 1.54) is 0 Å². The number of piperidine rings is 1. The second kappa shape index (κ2) is 4.44. The number of carbonyl (C=O) groups is 1. The molecule has 1 unspecified atom stereocenters. The first-order chi connectivity index (χ1) is 8.93. The van der Waals surface area contributed by atoms with Crippen molar-refractivity contribution in [2.24, 2.45) is 0 Å². The molecule has 0 saturated carbocycles. The number of nitrogens with zero attached hydrogens (tertiary/aromatic N) is 2. The molecular formula is C16H30N2O2. The van der Waals surface area contributed by atoms with Crippen LogP contribution in [0.1, 0.15) is 61.3 Å². The van der Waals surface area contributed by atoms with E-state index in [9.17, 15) is 4.79 Å². The molecule has 2 aliphatic rings. The zero-order chi connectivity index (χ0) is 15.5. The number of likely N-dealkylation sites (tertiary alicyclic amines) is 1. The molecule has 4 nitrogen and oxygen atoms in total. The van der Waals surface area contributed by atoms with E-state index in [1.54, 1.807) is 4.90 Å². The highest BCUT2D eigenvalue weighted by Crippen LogP contribution is 2.49. The van der Waals surface area contributed by atoms with E-state index in [0.717, 1.165) is 12.8 Å². The summed E-state index contributed by atoms with van der Waals surface area (Å²) < 4.78 is 6.16. The number of rotatable bonds is 1. The van der Waals surface area contributed by atoms with E-state index in [-0.39, 0.29) is 23.2 Å². The van der Waals surface area contributed by atoms with Crippen molar-refractivity contribution in [3.8, 4) is 0 Å². The van der Waals surface area contributed by atoms with Crippen LogP contribution < -0.4 is 0 Å². The summed E-state index contributed by atoms with van der Waals surface area (Å²) in [4.78, 5) is 17.0. The number of ether oxygens (including phenoxy) is 1. The maximum absolute atomic E-state index is 12.7. The fourth-order valence-electron chi connectivity index (χ4n) is 5.02. The Morgan fingerprint density at radius 2 is 1.60 bits per heavy atom. The van der Waals surface area contributed by atoms with E-state index < -0.39 is 5.60 Å². The van der Waals surface area contributed by atoms with Gasteiger partial charge in [0.1, 0.15) is 6.23 Å². The topological polar surface area (TPSA) is 32.8 Å². The largest absolute Gasteiger partial charge is 0.342 e. The fraction of sp³-hybridized carbons (Fsp3) is 0.938. The lowest BCUT2D eigenvalue weighted by Gasteiger charge is -2.59. The van der Waals surface area contributed by atoms with Crippen molar-refractivity contribution >= 4 is 5.91 Å². The number of hydrogen-bond acceptors (Lipinski definition) is 3. The van der Waals surface area contributed by atoms with Crippen molar-refractivity contribution in [2.45, 2.75) is 90.3 Å². The molecule has 1 atom stereocenters. The van der Waals surface area contributed by atoms with Crippen LogP contribution in [-0.2, 0) is 9.53 Å². The number of likely N-dealkylation sites (N-methyl/N-ethyl adjacent to an activating group) is 1. The van der Waals surface area contributed by atoms with Crippen molar-refractivity contribution in [3.05, 3.63) is 0 Å². The summed E-state index contributed by atoms with van der Waals surface area (Å²) in [7, 11) is 1.84. The van der Waals surface area contributed by atoms with E-state index in [4.69, 9.17) is 4.74 Å². The standard InChI is InChI=1S/C16H30N2O2/c1-11(2)18-14(4,5)9-16(10-15(18,6)7)13(19)17(8)12(3)20-16/h11-12H,9-10H2,1-8H3. The molecule has 2 fully saturated rings. The molecule has 4 heteroatoms. The third-order valence-corrected chi connectivity index (χ3v) is 4.91. The van der Waals surface area contributed by atoms with Gasteiger partial charge >= 0.3 is 0 Å². The molecular weight excluding hydrogens is 252 g/mol. The minimum atomic E-state index is -0.646. The van der Waals surface area contributed by atoms with Crippen LogP contribution in [0.15, 0.2) is 0 Å². The highest BCUT2D eigenvalue weighted by Gasteiger charge is 2.61. The third-order valence-electron chi connectivity index (χ3n) is 4.91. The van der Waals surface area contributed by atoms with Gasteiger partial charge in [0, 0.05) is 37.0 Å². The minimum absolute atomic E-state index is 0.0591. The Morgan fingerprint density at radius 1 is 1.15 bits per heavy atom. The highest BCUT2D eigenvalue weighted by atomic mass is 16.5. The molecule has 0 aromatic carbocycles. The second-order valence-corrected chi connectivity index (χ2v) is 8.07. The van der Waals surface area contributed by atoms with Gasteiger partial charge < -0.3 is 9.64 Å². The molecule has 2 aliphatic heterocycles.